The van der Waals surface area contributed by atoms with E-state index in [4.69, 9.17) is 18.9 Å². The lowest BCUT2D eigenvalue weighted by atomic mass is 9.77. The highest BCUT2D eigenvalue weighted by atomic mass is 19.1. The van der Waals surface area contributed by atoms with Gasteiger partial charge in [0.2, 0.25) is 5.88 Å². The summed E-state index contributed by atoms with van der Waals surface area (Å²) in [5.74, 6) is 0.826. The minimum atomic E-state index is -0.502. The van der Waals surface area contributed by atoms with Crippen LogP contribution in [0.2, 0.25) is 0 Å². The number of piperidine rings is 1. The van der Waals surface area contributed by atoms with Crippen molar-refractivity contribution < 1.29 is 23.3 Å². The Morgan fingerprint density at radius 2 is 1.89 bits per heavy atom. The fraction of sp³-hybridized carbons (Fsp3) is 0.444. The van der Waals surface area contributed by atoms with Crippen LogP contribution in [0.1, 0.15) is 25.0 Å². The Morgan fingerprint density at radius 3 is 2.65 bits per heavy atom. The van der Waals surface area contributed by atoms with Gasteiger partial charge in [0.15, 0.2) is 23.1 Å². The number of nitrogens with one attached hydrogen (secondary N) is 1. The number of benzene rings is 1. The number of H-pyrrole nitrogens is 1. The second-order valence-electron chi connectivity index (χ2n) is 9.99. The highest BCUT2D eigenvalue weighted by molar-refractivity contribution is 5.87. The summed E-state index contributed by atoms with van der Waals surface area (Å²) >= 11 is 0. The molecule has 0 amide bonds. The summed E-state index contributed by atoms with van der Waals surface area (Å²) in [6.45, 7) is 7.50. The van der Waals surface area contributed by atoms with Gasteiger partial charge in [-0.3, -0.25) is 0 Å². The maximum Gasteiger partial charge on any atom is 0.230 e. The zero-order chi connectivity index (χ0) is 25.4. The molecule has 5 heterocycles. The Balaban J connectivity index is 1.14. The Hall–Kier alpha value is -3.50. The van der Waals surface area contributed by atoms with Crippen LogP contribution >= 0.6 is 0 Å². The first-order valence-corrected chi connectivity index (χ1v) is 12.6. The summed E-state index contributed by atoms with van der Waals surface area (Å²) in [7, 11) is 1.58. The zero-order valence-electron chi connectivity index (χ0n) is 21.1. The van der Waals surface area contributed by atoms with E-state index >= 15 is 4.39 Å². The van der Waals surface area contributed by atoms with Crippen LogP contribution in [0.5, 0.6) is 23.1 Å². The van der Waals surface area contributed by atoms with Crippen molar-refractivity contribution in [3.05, 3.63) is 42.2 Å². The van der Waals surface area contributed by atoms with Crippen LogP contribution in [0.15, 0.2) is 30.7 Å². The number of aryl methyl sites for hydroxylation is 1. The molecule has 0 atom stereocenters. The minimum absolute atomic E-state index is 0.0146. The number of hydrogen-bond donors (Lipinski definition) is 1. The van der Waals surface area contributed by atoms with E-state index in [1.54, 1.807) is 25.3 Å². The van der Waals surface area contributed by atoms with Crippen LogP contribution in [0.4, 0.5) is 4.39 Å². The second kappa shape index (κ2) is 9.75. The normalized spacial score (nSPS) is 17.3. The number of halogens is 1. The highest BCUT2D eigenvalue weighted by Gasteiger charge is 2.40. The molecule has 2 fully saturated rings. The van der Waals surface area contributed by atoms with E-state index in [0.717, 1.165) is 45.0 Å². The van der Waals surface area contributed by atoms with E-state index in [1.807, 2.05) is 6.92 Å². The van der Waals surface area contributed by atoms with Crippen molar-refractivity contribution in [1.29, 1.82) is 0 Å². The van der Waals surface area contributed by atoms with Crippen LogP contribution in [0, 0.1) is 18.2 Å². The van der Waals surface area contributed by atoms with Gasteiger partial charge in [-0.25, -0.2) is 19.3 Å². The molecule has 6 rings (SSSR count). The monoisotopic (exact) mass is 507 g/mol. The number of aromatic amines is 1. The molecule has 2 saturated heterocycles. The van der Waals surface area contributed by atoms with E-state index in [-0.39, 0.29) is 11.6 Å². The molecule has 0 radical (unpaired) electrons. The van der Waals surface area contributed by atoms with E-state index in [9.17, 15) is 0 Å². The van der Waals surface area contributed by atoms with Gasteiger partial charge in [0, 0.05) is 23.7 Å². The van der Waals surface area contributed by atoms with Crippen molar-refractivity contribution >= 4 is 21.9 Å². The molecule has 4 aromatic rings. The fourth-order valence-electron chi connectivity index (χ4n) is 5.13. The van der Waals surface area contributed by atoms with Gasteiger partial charge in [-0.15, -0.1) is 0 Å². The van der Waals surface area contributed by atoms with E-state index in [2.05, 4.69) is 24.8 Å². The topological polar surface area (TPSA) is 94.6 Å². The standard InChI is InChI=1S/C27H30FN5O4/c1-17-10-19-24(28)23(13-29-25(19)32-17)37-26-18-11-21(34-2)22(12-20(18)30-16-31-26)36-9-3-6-33-7-4-27(5-8-33)14-35-15-27/h10-13,16H,3-9,14-15H2,1-2H3,(H,29,32). The molecule has 2 aliphatic rings. The zero-order valence-corrected chi connectivity index (χ0v) is 21.1. The van der Waals surface area contributed by atoms with Gasteiger partial charge in [-0.2, -0.15) is 0 Å². The third-order valence-corrected chi connectivity index (χ3v) is 7.40. The maximum atomic E-state index is 15.1. The van der Waals surface area contributed by atoms with Crippen molar-refractivity contribution in [2.24, 2.45) is 5.41 Å². The molecular weight excluding hydrogens is 477 g/mol. The number of aromatic nitrogens is 4. The molecule has 0 unspecified atom stereocenters. The van der Waals surface area contributed by atoms with Crippen LogP contribution in [-0.4, -0.2) is 71.4 Å². The minimum Gasteiger partial charge on any atom is -0.493 e. The molecule has 0 bridgehead atoms. The molecule has 1 spiro atoms. The lowest BCUT2D eigenvalue weighted by Gasteiger charge is -2.47. The first-order valence-electron chi connectivity index (χ1n) is 12.6. The lowest BCUT2D eigenvalue weighted by molar-refractivity contribution is -0.139. The Bertz CT molecular complexity index is 1430. The van der Waals surface area contributed by atoms with Crippen LogP contribution in [-0.2, 0) is 4.74 Å². The molecule has 10 heteroatoms. The van der Waals surface area contributed by atoms with Crippen molar-refractivity contribution in [3.63, 3.8) is 0 Å². The number of rotatable bonds is 8. The van der Waals surface area contributed by atoms with Gasteiger partial charge < -0.3 is 28.8 Å². The second-order valence-corrected chi connectivity index (χ2v) is 9.99. The van der Waals surface area contributed by atoms with Gasteiger partial charge in [-0.1, -0.05) is 0 Å². The van der Waals surface area contributed by atoms with Gasteiger partial charge in [0.05, 0.1) is 49.4 Å². The Labute approximate surface area is 213 Å². The Morgan fingerprint density at radius 1 is 1.05 bits per heavy atom. The number of ether oxygens (including phenoxy) is 4. The third kappa shape index (κ3) is 4.67. The molecule has 194 valence electrons. The molecule has 9 nitrogen and oxygen atoms in total. The largest absolute Gasteiger partial charge is 0.493 e. The molecular formula is C27H30FN5O4. The predicted octanol–water partition coefficient (Wildman–Crippen LogP) is 4.64. The van der Waals surface area contributed by atoms with Gasteiger partial charge in [0.1, 0.15) is 12.0 Å². The van der Waals surface area contributed by atoms with Gasteiger partial charge >= 0.3 is 0 Å². The lowest BCUT2D eigenvalue weighted by Crippen LogP contribution is -2.51. The van der Waals surface area contributed by atoms with Crippen molar-refractivity contribution in [2.45, 2.75) is 26.2 Å². The smallest absolute Gasteiger partial charge is 0.230 e. The number of nitrogens with zero attached hydrogens (tertiary/aromatic N) is 4. The molecule has 37 heavy (non-hydrogen) atoms. The first-order chi connectivity index (χ1) is 18.0. The summed E-state index contributed by atoms with van der Waals surface area (Å²) in [5.41, 5.74) is 2.34. The average molecular weight is 508 g/mol. The molecule has 0 aliphatic carbocycles. The Kier molecular flexibility index (Phi) is 6.29. The summed E-state index contributed by atoms with van der Waals surface area (Å²) in [6, 6.07) is 5.26. The SMILES string of the molecule is COc1cc2c(Oc3cnc4[nH]c(C)cc4c3F)ncnc2cc1OCCCN1CCC2(CC1)COC2. The van der Waals surface area contributed by atoms with Crippen molar-refractivity contribution in [2.75, 3.05) is 46.6 Å². The fourth-order valence-corrected chi connectivity index (χ4v) is 5.13. The van der Waals surface area contributed by atoms with E-state index in [0.29, 0.717) is 45.5 Å². The summed E-state index contributed by atoms with van der Waals surface area (Å²) in [6.07, 6.45) is 6.08. The molecule has 2 aliphatic heterocycles. The molecule has 1 aromatic carbocycles. The van der Waals surface area contributed by atoms with E-state index in [1.165, 1.54) is 25.4 Å². The number of likely N-dealkylation sites (tertiary alicyclic amines) is 1. The summed E-state index contributed by atoms with van der Waals surface area (Å²) in [4.78, 5) is 18.4. The van der Waals surface area contributed by atoms with Crippen LogP contribution in [0.25, 0.3) is 21.9 Å². The number of pyridine rings is 1. The summed E-state index contributed by atoms with van der Waals surface area (Å²) < 4.78 is 38.0. The predicted molar refractivity (Wildman–Crippen MR) is 136 cm³/mol. The quantitative estimate of drug-likeness (QED) is 0.345. The van der Waals surface area contributed by atoms with Gasteiger partial charge in [-0.05, 0) is 51.4 Å². The molecule has 0 saturated carbocycles. The summed E-state index contributed by atoms with van der Waals surface area (Å²) in [5, 5.41) is 0.946. The average Bonchev–Trinajstić information content (AvgIpc) is 3.28. The molecule has 3 aromatic heterocycles. The number of methoxy groups -OCH3 is 1. The first kappa shape index (κ1) is 23.9. The molecule has 1 N–H and O–H groups in total. The third-order valence-electron chi connectivity index (χ3n) is 7.40. The maximum absolute atomic E-state index is 15.1. The van der Waals surface area contributed by atoms with Crippen molar-refractivity contribution in [1.82, 2.24) is 24.8 Å². The van der Waals surface area contributed by atoms with E-state index < -0.39 is 5.82 Å². The van der Waals surface area contributed by atoms with Crippen LogP contribution < -0.4 is 14.2 Å². The van der Waals surface area contributed by atoms with Crippen LogP contribution in [0.3, 0.4) is 0 Å². The van der Waals surface area contributed by atoms with Gasteiger partial charge in [0.25, 0.3) is 0 Å². The number of fused-ring (bicyclic) bond motifs is 2. The van der Waals surface area contributed by atoms with Crippen molar-refractivity contribution in [3.8, 4) is 23.1 Å². The highest BCUT2D eigenvalue weighted by Crippen LogP contribution is 2.39. The number of hydrogen-bond acceptors (Lipinski definition) is 8.